The van der Waals surface area contributed by atoms with Crippen molar-refractivity contribution >= 4 is 0 Å². The van der Waals surface area contributed by atoms with Crippen LogP contribution in [0, 0.1) is 12.3 Å². The van der Waals surface area contributed by atoms with E-state index in [1.807, 2.05) is 0 Å². The molecule has 1 saturated carbocycles. The number of benzene rings is 1. The van der Waals surface area contributed by atoms with Gasteiger partial charge in [-0.3, -0.25) is 0 Å². The van der Waals surface area contributed by atoms with Gasteiger partial charge in [-0.2, -0.15) is 0 Å². The van der Waals surface area contributed by atoms with Gasteiger partial charge in [0.05, 0.1) is 7.11 Å². The SMILES string of the molecule is CCNCC1(c2ccc(C)c(OC)c2)CC(CC)(CC)C1. The molecular formula is C19H31NO. The van der Waals surface area contributed by atoms with E-state index in [2.05, 4.69) is 51.2 Å². The molecule has 1 fully saturated rings. The standard InChI is InChI=1S/C19H31NO/c1-6-18(7-2)12-19(13-18,14-20-8-3)16-10-9-15(4)17(11-16)21-5/h9-11,20H,6-8,12-14H2,1-5H3. The van der Waals surface area contributed by atoms with Gasteiger partial charge in [-0.25, -0.2) is 0 Å². The van der Waals surface area contributed by atoms with Crippen LogP contribution in [0.2, 0.25) is 0 Å². The third-order valence-electron chi connectivity index (χ3n) is 5.66. The Kier molecular flexibility index (Phi) is 4.98. The van der Waals surface area contributed by atoms with Crippen LogP contribution in [-0.2, 0) is 5.41 Å². The largest absolute Gasteiger partial charge is 0.496 e. The Balaban J connectivity index is 2.30. The first-order chi connectivity index (χ1) is 10.0. The van der Waals surface area contributed by atoms with Gasteiger partial charge in [0.2, 0.25) is 0 Å². The zero-order chi connectivity index (χ0) is 15.5. The molecule has 118 valence electrons. The molecule has 0 saturated heterocycles. The molecule has 21 heavy (non-hydrogen) atoms. The van der Waals surface area contributed by atoms with Crippen LogP contribution in [0.3, 0.4) is 0 Å². The lowest BCUT2D eigenvalue weighted by atomic mass is 9.48. The van der Waals surface area contributed by atoms with Crippen LogP contribution in [0.25, 0.3) is 0 Å². The molecule has 0 amide bonds. The van der Waals surface area contributed by atoms with E-state index >= 15 is 0 Å². The first-order valence-electron chi connectivity index (χ1n) is 8.40. The molecule has 1 N–H and O–H groups in total. The van der Waals surface area contributed by atoms with E-state index < -0.39 is 0 Å². The minimum Gasteiger partial charge on any atom is -0.496 e. The van der Waals surface area contributed by atoms with Gasteiger partial charge < -0.3 is 10.1 Å². The Bertz CT molecular complexity index is 468. The molecule has 2 heteroatoms. The third kappa shape index (κ3) is 2.96. The van der Waals surface area contributed by atoms with Crippen LogP contribution < -0.4 is 10.1 Å². The van der Waals surface area contributed by atoms with Gasteiger partial charge >= 0.3 is 0 Å². The summed E-state index contributed by atoms with van der Waals surface area (Å²) in [6.45, 7) is 11.1. The van der Waals surface area contributed by atoms with Crippen molar-refractivity contribution in [3.63, 3.8) is 0 Å². The summed E-state index contributed by atoms with van der Waals surface area (Å²) in [5, 5.41) is 3.59. The van der Waals surface area contributed by atoms with Crippen molar-refractivity contribution in [2.24, 2.45) is 5.41 Å². The Morgan fingerprint density at radius 1 is 1.14 bits per heavy atom. The second-order valence-electron chi connectivity index (χ2n) is 6.81. The van der Waals surface area contributed by atoms with Crippen molar-refractivity contribution in [3.8, 4) is 5.75 Å². The smallest absolute Gasteiger partial charge is 0.122 e. The molecule has 0 bridgehead atoms. The summed E-state index contributed by atoms with van der Waals surface area (Å²) in [5.41, 5.74) is 3.51. The highest BCUT2D eigenvalue weighted by Gasteiger charge is 2.52. The number of hydrogen-bond acceptors (Lipinski definition) is 2. The molecule has 0 heterocycles. The second-order valence-corrected chi connectivity index (χ2v) is 6.81. The van der Waals surface area contributed by atoms with Crippen molar-refractivity contribution in [1.29, 1.82) is 0 Å². The van der Waals surface area contributed by atoms with Gasteiger partial charge in [0, 0.05) is 12.0 Å². The highest BCUT2D eigenvalue weighted by atomic mass is 16.5. The Morgan fingerprint density at radius 2 is 1.81 bits per heavy atom. The number of rotatable bonds is 7. The topological polar surface area (TPSA) is 21.3 Å². The Labute approximate surface area is 130 Å². The van der Waals surface area contributed by atoms with Gasteiger partial charge in [-0.1, -0.05) is 45.7 Å². The molecule has 0 aromatic heterocycles. The van der Waals surface area contributed by atoms with Crippen LogP contribution >= 0.6 is 0 Å². The van der Waals surface area contributed by atoms with E-state index in [0.29, 0.717) is 10.8 Å². The maximum absolute atomic E-state index is 5.54. The van der Waals surface area contributed by atoms with Crippen LogP contribution in [0.15, 0.2) is 18.2 Å². The fourth-order valence-electron chi connectivity index (χ4n) is 4.08. The molecule has 0 spiro atoms. The zero-order valence-electron chi connectivity index (χ0n) is 14.4. The quantitative estimate of drug-likeness (QED) is 0.800. The summed E-state index contributed by atoms with van der Waals surface area (Å²) in [6, 6.07) is 6.78. The summed E-state index contributed by atoms with van der Waals surface area (Å²) >= 11 is 0. The van der Waals surface area contributed by atoms with Crippen LogP contribution in [0.5, 0.6) is 5.75 Å². The minimum atomic E-state index is 0.295. The van der Waals surface area contributed by atoms with E-state index in [-0.39, 0.29) is 0 Å². The second kappa shape index (κ2) is 6.39. The number of nitrogens with one attached hydrogen (secondary N) is 1. The predicted molar refractivity (Wildman–Crippen MR) is 90.2 cm³/mol. The van der Waals surface area contributed by atoms with Crippen LogP contribution in [-0.4, -0.2) is 20.2 Å². The number of aryl methyl sites for hydroxylation is 1. The lowest BCUT2D eigenvalue weighted by Gasteiger charge is -2.57. The van der Waals surface area contributed by atoms with Gasteiger partial charge in [0.1, 0.15) is 5.75 Å². The van der Waals surface area contributed by atoms with Crippen molar-refractivity contribution in [3.05, 3.63) is 29.3 Å². The number of likely N-dealkylation sites (N-methyl/N-ethyl adjacent to an activating group) is 1. The minimum absolute atomic E-state index is 0.295. The van der Waals surface area contributed by atoms with Gasteiger partial charge in [0.15, 0.2) is 0 Å². The van der Waals surface area contributed by atoms with Crippen molar-refractivity contribution < 1.29 is 4.74 Å². The maximum Gasteiger partial charge on any atom is 0.122 e. The Morgan fingerprint density at radius 3 is 2.33 bits per heavy atom. The average molecular weight is 289 g/mol. The first-order valence-corrected chi connectivity index (χ1v) is 8.40. The maximum atomic E-state index is 5.54. The third-order valence-corrected chi connectivity index (χ3v) is 5.66. The van der Waals surface area contributed by atoms with E-state index in [9.17, 15) is 0 Å². The monoisotopic (exact) mass is 289 g/mol. The van der Waals surface area contributed by atoms with Crippen LogP contribution in [0.4, 0.5) is 0 Å². The molecule has 1 aliphatic rings. The average Bonchev–Trinajstić information content (AvgIpc) is 2.48. The lowest BCUT2D eigenvalue weighted by molar-refractivity contribution is 0.0131. The van der Waals surface area contributed by atoms with Crippen molar-refractivity contribution in [1.82, 2.24) is 5.32 Å². The van der Waals surface area contributed by atoms with Gasteiger partial charge in [-0.05, 0) is 48.9 Å². The molecule has 0 atom stereocenters. The fraction of sp³-hybridized carbons (Fsp3) is 0.684. The normalized spacial score (nSPS) is 19.1. The first kappa shape index (κ1) is 16.4. The number of hydrogen-bond donors (Lipinski definition) is 1. The molecule has 1 aromatic rings. The fourth-order valence-corrected chi connectivity index (χ4v) is 4.08. The molecule has 0 radical (unpaired) electrons. The summed E-state index contributed by atoms with van der Waals surface area (Å²) in [7, 11) is 1.77. The number of methoxy groups -OCH3 is 1. The Hall–Kier alpha value is -1.02. The summed E-state index contributed by atoms with van der Waals surface area (Å²) < 4.78 is 5.54. The number of ether oxygens (including phenoxy) is 1. The molecule has 0 aliphatic heterocycles. The summed E-state index contributed by atoms with van der Waals surface area (Å²) in [5.74, 6) is 1.02. The molecule has 1 aliphatic carbocycles. The van der Waals surface area contributed by atoms with E-state index in [4.69, 9.17) is 4.74 Å². The molecule has 2 rings (SSSR count). The molecule has 1 aromatic carbocycles. The van der Waals surface area contributed by atoms with Crippen LogP contribution in [0.1, 0.15) is 57.6 Å². The molecule has 0 unspecified atom stereocenters. The van der Waals surface area contributed by atoms with E-state index in [0.717, 1.165) is 18.8 Å². The van der Waals surface area contributed by atoms with Gasteiger partial charge in [0.25, 0.3) is 0 Å². The lowest BCUT2D eigenvalue weighted by Crippen LogP contribution is -2.54. The van der Waals surface area contributed by atoms with Crippen molar-refractivity contribution in [2.75, 3.05) is 20.2 Å². The summed E-state index contributed by atoms with van der Waals surface area (Å²) in [4.78, 5) is 0. The van der Waals surface area contributed by atoms with E-state index in [1.54, 1.807) is 7.11 Å². The zero-order valence-corrected chi connectivity index (χ0v) is 14.4. The molecular weight excluding hydrogens is 258 g/mol. The van der Waals surface area contributed by atoms with E-state index in [1.165, 1.54) is 36.8 Å². The highest BCUT2D eigenvalue weighted by molar-refractivity contribution is 5.42. The predicted octanol–water partition coefficient (Wildman–Crippen LogP) is 4.45. The van der Waals surface area contributed by atoms with Gasteiger partial charge in [-0.15, -0.1) is 0 Å². The van der Waals surface area contributed by atoms with Crippen molar-refractivity contribution in [2.45, 2.75) is 58.8 Å². The molecule has 2 nitrogen and oxygen atoms in total. The highest BCUT2D eigenvalue weighted by Crippen LogP contribution is 2.59. The summed E-state index contributed by atoms with van der Waals surface area (Å²) in [6.07, 6.45) is 5.18.